The van der Waals surface area contributed by atoms with Crippen molar-refractivity contribution in [3.05, 3.63) is 70.3 Å². The minimum absolute atomic E-state index is 0.169. The number of ketones is 1. The van der Waals surface area contributed by atoms with Crippen LogP contribution in [0.4, 0.5) is 13.2 Å². The van der Waals surface area contributed by atoms with Gasteiger partial charge >= 0.3 is 12.1 Å². The van der Waals surface area contributed by atoms with E-state index in [9.17, 15) is 27.6 Å². The van der Waals surface area contributed by atoms with E-state index in [0.717, 1.165) is 43.5 Å². The van der Waals surface area contributed by atoms with Crippen LogP contribution in [0.5, 0.6) is 0 Å². The Kier molecular flexibility index (Phi) is 6.77. The molecule has 0 N–H and O–H groups in total. The quantitative estimate of drug-likeness (QED) is 0.460. The highest BCUT2D eigenvalue weighted by molar-refractivity contribution is 6.00. The molecule has 0 spiro atoms. The Balaban J connectivity index is 1.29. The number of carbonyl (C=O) groups excluding carboxylic acids is 3. The van der Waals surface area contributed by atoms with Gasteiger partial charge in [0.05, 0.1) is 11.5 Å². The highest BCUT2D eigenvalue weighted by Gasteiger charge is 2.33. The van der Waals surface area contributed by atoms with Gasteiger partial charge in [0, 0.05) is 24.2 Å². The number of fused-ring (bicyclic) bond motifs is 1. The van der Waals surface area contributed by atoms with Crippen molar-refractivity contribution >= 4 is 17.7 Å². The number of carbonyl (C=O) groups is 3. The molecule has 34 heavy (non-hydrogen) atoms. The summed E-state index contributed by atoms with van der Waals surface area (Å²) in [5.41, 5.74) is 2.34. The lowest BCUT2D eigenvalue weighted by atomic mass is 9.96. The molecule has 1 heterocycles. The highest BCUT2D eigenvalue weighted by atomic mass is 19.4. The van der Waals surface area contributed by atoms with Gasteiger partial charge in [-0.15, -0.1) is 0 Å². The number of likely N-dealkylation sites (tertiary alicyclic amines) is 1. The van der Waals surface area contributed by atoms with Crippen LogP contribution in [0.2, 0.25) is 0 Å². The number of halogens is 3. The summed E-state index contributed by atoms with van der Waals surface area (Å²) in [6.07, 6.45) is -1.57. The number of esters is 1. The van der Waals surface area contributed by atoms with Crippen LogP contribution in [-0.4, -0.2) is 41.8 Å². The van der Waals surface area contributed by atoms with Crippen LogP contribution in [0.25, 0.3) is 0 Å². The van der Waals surface area contributed by atoms with Gasteiger partial charge in [-0.1, -0.05) is 12.1 Å². The van der Waals surface area contributed by atoms with Gasteiger partial charge in [0.15, 0.2) is 6.10 Å². The van der Waals surface area contributed by atoms with Crippen LogP contribution < -0.4 is 0 Å². The van der Waals surface area contributed by atoms with Gasteiger partial charge in [-0.2, -0.15) is 13.2 Å². The van der Waals surface area contributed by atoms with Crippen LogP contribution in [0.15, 0.2) is 42.5 Å². The molecule has 5 nitrogen and oxygen atoms in total. The van der Waals surface area contributed by atoms with E-state index in [1.54, 1.807) is 13.0 Å². The number of amides is 1. The number of rotatable bonds is 5. The molecular weight excluding hydrogens is 447 g/mol. The first kappa shape index (κ1) is 24.0. The van der Waals surface area contributed by atoms with Crippen molar-refractivity contribution in [2.75, 3.05) is 13.1 Å². The summed E-state index contributed by atoms with van der Waals surface area (Å²) in [6, 6.07) is 9.74. The lowest BCUT2D eigenvalue weighted by Gasteiger charge is -2.31. The lowest BCUT2D eigenvalue weighted by molar-refractivity contribution is -0.152. The Morgan fingerprint density at radius 3 is 2.21 bits per heavy atom. The van der Waals surface area contributed by atoms with Crippen molar-refractivity contribution < 1.29 is 32.3 Å². The van der Waals surface area contributed by atoms with Gasteiger partial charge < -0.3 is 9.64 Å². The molecule has 1 atom stereocenters. The Labute approximate surface area is 195 Å². The van der Waals surface area contributed by atoms with E-state index >= 15 is 0 Å². The number of alkyl halides is 3. The standard InChI is InChI=1S/C26H26F3NO4/c1-16(23(31)21-6-5-17-3-2-4-20(17)15-21)34-25(33)19-11-13-30(14-12-19)24(32)18-7-9-22(10-8-18)26(27,28)29/h5-10,15-16,19H,2-4,11-14H2,1H3. The smallest absolute Gasteiger partial charge is 0.416 e. The maximum Gasteiger partial charge on any atom is 0.416 e. The zero-order chi connectivity index (χ0) is 24.5. The van der Waals surface area contributed by atoms with Crippen LogP contribution in [0.3, 0.4) is 0 Å². The molecule has 0 bridgehead atoms. The van der Waals surface area contributed by atoms with E-state index < -0.39 is 29.7 Å². The number of piperidine rings is 1. The van der Waals surface area contributed by atoms with Crippen molar-refractivity contribution in [3.63, 3.8) is 0 Å². The molecule has 1 fully saturated rings. The molecule has 0 radical (unpaired) electrons. The van der Waals surface area contributed by atoms with Crippen molar-refractivity contribution in [2.45, 2.75) is 51.3 Å². The Morgan fingerprint density at radius 2 is 1.56 bits per heavy atom. The number of benzene rings is 2. The van der Waals surface area contributed by atoms with E-state index in [-0.39, 0.29) is 30.3 Å². The number of hydrogen-bond donors (Lipinski definition) is 0. The summed E-state index contributed by atoms with van der Waals surface area (Å²) < 4.78 is 43.6. The van der Waals surface area contributed by atoms with Gasteiger partial charge in [0.2, 0.25) is 5.78 Å². The molecule has 2 aromatic carbocycles. The molecule has 1 aliphatic carbocycles. The predicted molar refractivity (Wildman–Crippen MR) is 118 cm³/mol. The SMILES string of the molecule is CC(OC(=O)C1CCN(C(=O)c2ccc(C(F)(F)F)cc2)CC1)C(=O)c1ccc2c(c1)CCC2. The van der Waals surface area contributed by atoms with Gasteiger partial charge in [0.25, 0.3) is 5.91 Å². The van der Waals surface area contributed by atoms with Crippen molar-refractivity contribution in [3.8, 4) is 0 Å². The van der Waals surface area contributed by atoms with Crippen molar-refractivity contribution in [1.29, 1.82) is 0 Å². The van der Waals surface area contributed by atoms with Crippen LogP contribution in [0, 0.1) is 5.92 Å². The second-order valence-corrected chi connectivity index (χ2v) is 8.92. The molecule has 1 amide bonds. The molecule has 2 aromatic rings. The Morgan fingerprint density at radius 1 is 0.941 bits per heavy atom. The van der Waals surface area contributed by atoms with Crippen LogP contribution in [-0.2, 0) is 28.5 Å². The van der Waals surface area contributed by atoms with Crippen LogP contribution >= 0.6 is 0 Å². The number of ether oxygens (including phenoxy) is 1. The zero-order valence-corrected chi connectivity index (χ0v) is 18.9. The highest BCUT2D eigenvalue weighted by Crippen LogP contribution is 2.30. The second kappa shape index (κ2) is 9.60. The Hall–Kier alpha value is -3.16. The van der Waals surface area contributed by atoms with Gasteiger partial charge in [0.1, 0.15) is 0 Å². The molecule has 0 saturated carbocycles. The summed E-state index contributed by atoms with van der Waals surface area (Å²) in [7, 11) is 0. The summed E-state index contributed by atoms with van der Waals surface area (Å²) in [5, 5.41) is 0. The molecule has 1 aliphatic heterocycles. The summed E-state index contributed by atoms with van der Waals surface area (Å²) in [5.74, 6) is -1.52. The number of Topliss-reactive ketones (excluding diaryl/α,β-unsaturated/α-hetero) is 1. The van der Waals surface area contributed by atoms with Crippen molar-refractivity contribution in [2.24, 2.45) is 5.92 Å². The molecule has 2 aliphatic rings. The fraction of sp³-hybridized carbons (Fsp3) is 0.423. The fourth-order valence-corrected chi connectivity index (χ4v) is 4.59. The average Bonchev–Trinajstić information content (AvgIpc) is 3.30. The first-order chi connectivity index (χ1) is 16.1. The third kappa shape index (κ3) is 5.16. The zero-order valence-electron chi connectivity index (χ0n) is 18.9. The predicted octanol–water partition coefficient (Wildman–Crippen LogP) is 4.86. The van der Waals surface area contributed by atoms with E-state index in [1.807, 2.05) is 12.1 Å². The third-order valence-corrected chi connectivity index (χ3v) is 6.62. The minimum Gasteiger partial charge on any atom is -0.454 e. The van der Waals surface area contributed by atoms with E-state index in [0.29, 0.717) is 18.4 Å². The normalized spacial score (nSPS) is 17.2. The number of aryl methyl sites for hydroxylation is 2. The molecule has 1 unspecified atom stereocenters. The van der Waals surface area contributed by atoms with E-state index in [4.69, 9.17) is 4.74 Å². The van der Waals surface area contributed by atoms with Crippen LogP contribution in [0.1, 0.15) is 63.6 Å². The monoisotopic (exact) mass is 473 g/mol. The maximum atomic E-state index is 12.7. The first-order valence-corrected chi connectivity index (χ1v) is 11.5. The number of hydrogen-bond acceptors (Lipinski definition) is 4. The molecule has 0 aromatic heterocycles. The largest absolute Gasteiger partial charge is 0.454 e. The molecule has 4 rings (SSSR count). The summed E-state index contributed by atoms with van der Waals surface area (Å²) >= 11 is 0. The summed E-state index contributed by atoms with van der Waals surface area (Å²) in [6.45, 7) is 2.14. The fourth-order valence-electron chi connectivity index (χ4n) is 4.59. The van der Waals surface area contributed by atoms with Crippen molar-refractivity contribution in [1.82, 2.24) is 4.90 Å². The second-order valence-electron chi connectivity index (χ2n) is 8.92. The molecular formula is C26H26F3NO4. The van der Waals surface area contributed by atoms with Gasteiger partial charge in [-0.25, -0.2) is 0 Å². The average molecular weight is 473 g/mol. The van der Waals surface area contributed by atoms with Gasteiger partial charge in [-0.3, -0.25) is 14.4 Å². The molecule has 180 valence electrons. The van der Waals surface area contributed by atoms with E-state index in [1.165, 1.54) is 16.0 Å². The maximum absolute atomic E-state index is 12.7. The number of nitrogens with zero attached hydrogens (tertiary/aromatic N) is 1. The lowest BCUT2D eigenvalue weighted by Crippen LogP contribution is -2.41. The third-order valence-electron chi connectivity index (χ3n) is 6.62. The summed E-state index contributed by atoms with van der Waals surface area (Å²) in [4.78, 5) is 39.5. The molecule has 8 heteroatoms. The minimum atomic E-state index is -4.46. The van der Waals surface area contributed by atoms with Gasteiger partial charge in [-0.05, 0) is 80.5 Å². The molecule has 1 saturated heterocycles. The Bertz CT molecular complexity index is 1090. The first-order valence-electron chi connectivity index (χ1n) is 11.5. The van der Waals surface area contributed by atoms with E-state index in [2.05, 4.69) is 0 Å². The topological polar surface area (TPSA) is 63.7 Å².